The van der Waals surface area contributed by atoms with Crippen molar-refractivity contribution in [3.8, 4) is 5.75 Å². The summed E-state index contributed by atoms with van der Waals surface area (Å²) in [5, 5.41) is 8.21. The van der Waals surface area contributed by atoms with E-state index in [0.717, 1.165) is 37.7 Å². The number of carbonyl (C=O) groups excluding carboxylic acids is 4. The fraction of sp³-hybridized carbons (Fsp3) is 0.500. The Hall–Kier alpha value is -3.96. The van der Waals surface area contributed by atoms with Crippen LogP contribution in [0.1, 0.15) is 44.1 Å². The molecular weight excluding hydrogens is 552 g/mol. The Morgan fingerprint density at radius 2 is 1.60 bits per heavy atom. The van der Waals surface area contributed by atoms with Gasteiger partial charge in [0.05, 0.1) is 33.5 Å². The number of Topliss-reactive ketones (excluding diaryl/α,β-unsaturated/α-hetero) is 1. The van der Waals surface area contributed by atoms with Crippen molar-refractivity contribution >= 4 is 29.3 Å². The first-order chi connectivity index (χ1) is 20.9. The molecule has 0 radical (unpaired) electrons. The molecule has 0 bridgehead atoms. The summed E-state index contributed by atoms with van der Waals surface area (Å²) in [4.78, 5) is 54.8. The molecule has 2 atom stereocenters. The lowest BCUT2D eigenvalue weighted by atomic mass is 9.84. The monoisotopic (exact) mass is 594 g/mol. The average Bonchev–Trinajstić information content (AvgIpc) is 3.05. The third-order valence-corrected chi connectivity index (χ3v) is 7.81. The number of amides is 4. The lowest BCUT2D eigenvalue weighted by Gasteiger charge is -2.31. The summed E-state index contributed by atoms with van der Waals surface area (Å²) in [7, 11) is 1.53. The average molecular weight is 595 g/mol. The van der Waals surface area contributed by atoms with E-state index in [4.69, 9.17) is 14.2 Å². The first kappa shape index (κ1) is 32.0. The van der Waals surface area contributed by atoms with Gasteiger partial charge in [-0.15, -0.1) is 0 Å². The molecule has 232 valence electrons. The summed E-state index contributed by atoms with van der Waals surface area (Å²) in [6.45, 7) is 1.72. The third-order valence-electron chi connectivity index (χ3n) is 7.81. The van der Waals surface area contributed by atoms with E-state index in [2.05, 4.69) is 16.0 Å². The van der Waals surface area contributed by atoms with Gasteiger partial charge >= 0.3 is 6.03 Å². The summed E-state index contributed by atoms with van der Waals surface area (Å²) in [5.41, 5.74) is 1.29. The van der Waals surface area contributed by atoms with Crippen LogP contribution in [0, 0.1) is 5.92 Å². The van der Waals surface area contributed by atoms with Crippen molar-refractivity contribution in [1.29, 1.82) is 0 Å². The standard InChI is InChI=1S/C32H42N4O7/c1-41-26-14-12-25(13-15-26)33-31(39)29(37)28(22-43-21-24-10-6-3-7-11-24)34-30(38)27(20-23-8-4-2-5-9-23)35-32(40)36-16-18-42-19-17-36/h3,6-7,10-15,23,27-28H,2,4-5,8-9,16-22H2,1H3,(H,33,39)(H,34,38)(H,35,40)/t27-,28?/m0/s1. The Balaban J connectivity index is 1.46. The number of hydrogen-bond donors (Lipinski definition) is 3. The van der Waals surface area contributed by atoms with E-state index in [0.29, 0.717) is 44.2 Å². The van der Waals surface area contributed by atoms with Crippen LogP contribution in [0.5, 0.6) is 5.75 Å². The Labute approximate surface area is 252 Å². The number of morpholine rings is 1. The van der Waals surface area contributed by atoms with Crippen molar-refractivity contribution < 1.29 is 33.4 Å². The molecule has 2 aromatic carbocycles. The lowest BCUT2D eigenvalue weighted by molar-refractivity contribution is -0.139. The van der Waals surface area contributed by atoms with Gasteiger partial charge in [-0.3, -0.25) is 14.4 Å². The molecule has 1 aliphatic heterocycles. The Kier molecular flexibility index (Phi) is 12.4. The van der Waals surface area contributed by atoms with Crippen LogP contribution in [-0.2, 0) is 30.5 Å². The zero-order chi connectivity index (χ0) is 30.4. The van der Waals surface area contributed by atoms with Crippen molar-refractivity contribution in [2.75, 3.05) is 45.3 Å². The van der Waals surface area contributed by atoms with E-state index in [1.54, 1.807) is 29.2 Å². The normalized spacial score (nSPS) is 16.9. The highest BCUT2D eigenvalue weighted by Crippen LogP contribution is 2.27. The zero-order valence-electron chi connectivity index (χ0n) is 24.7. The number of nitrogens with zero attached hydrogens (tertiary/aromatic N) is 1. The molecule has 2 aliphatic rings. The number of carbonyl (C=O) groups is 4. The van der Waals surface area contributed by atoms with Gasteiger partial charge < -0.3 is 35.1 Å². The molecule has 0 aromatic heterocycles. The van der Waals surface area contributed by atoms with Crippen LogP contribution < -0.4 is 20.7 Å². The summed E-state index contributed by atoms with van der Waals surface area (Å²) in [6.07, 6.45) is 5.72. The SMILES string of the molecule is COc1ccc(NC(=O)C(=O)C(COCc2ccccc2)NC(=O)[C@H](CC2CCCCC2)NC(=O)N2CCOCC2)cc1. The van der Waals surface area contributed by atoms with Crippen molar-refractivity contribution in [2.45, 2.75) is 57.2 Å². The summed E-state index contributed by atoms with van der Waals surface area (Å²) < 4.78 is 16.3. The molecule has 11 heteroatoms. The van der Waals surface area contributed by atoms with Crippen molar-refractivity contribution in [1.82, 2.24) is 15.5 Å². The molecule has 2 fully saturated rings. The van der Waals surface area contributed by atoms with Crippen LogP contribution >= 0.6 is 0 Å². The molecule has 1 heterocycles. The first-order valence-corrected chi connectivity index (χ1v) is 15.0. The molecule has 0 spiro atoms. The minimum Gasteiger partial charge on any atom is -0.497 e. The maximum absolute atomic E-state index is 13.7. The minimum absolute atomic E-state index is 0.194. The Morgan fingerprint density at radius 1 is 0.907 bits per heavy atom. The van der Waals surface area contributed by atoms with E-state index >= 15 is 0 Å². The molecule has 1 saturated heterocycles. The fourth-order valence-corrected chi connectivity index (χ4v) is 5.34. The summed E-state index contributed by atoms with van der Waals surface area (Å²) in [6, 6.07) is 13.5. The number of ether oxygens (including phenoxy) is 3. The predicted molar refractivity (Wildman–Crippen MR) is 161 cm³/mol. The maximum atomic E-state index is 13.7. The van der Waals surface area contributed by atoms with E-state index in [9.17, 15) is 19.2 Å². The smallest absolute Gasteiger partial charge is 0.318 e. The molecule has 4 rings (SSSR count). The minimum atomic E-state index is -1.26. The van der Waals surface area contributed by atoms with Crippen LogP contribution in [0.3, 0.4) is 0 Å². The van der Waals surface area contributed by atoms with Crippen molar-refractivity contribution in [3.05, 3.63) is 60.2 Å². The van der Waals surface area contributed by atoms with Gasteiger partial charge in [0, 0.05) is 18.8 Å². The van der Waals surface area contributed by atoms with E-state index in [-0.39, 0.29) is 25.2 Å². The largest absolute Gasteiger partial charge is 0.497 e. The molecule has 4 amide bonds. The molecule has 3 N–H and O–H groups in total. The third kappa shape index (κ3) is 10.1. The van der Waals surface area contributed by atoms with Gasteiger partial charge in [-0.2, -0.15) is 0 Å². The molecule has 43 heavy (non-hydrogen) atoms. The van der Waals surface area contributed by atoms with Gasteiger partial charge in [-0.05, 0) is 42.2 Å². The van der Waals surface area contributed by atoms with Crippen LogP contribution in [0.4, 0.5) is 10.5 Å². The molecule has 1 saturated carbocycles. The fourth-order valence-electron chi connectivity index (χ4n) is 5.34. The van der Waals surface area contributed by atoms with Crippen LogP contribution in [-0.4, -0.2) is 80.6 Å². The van der Waals surface area contributed by atoms with E-state index in [1.165, 1.54) is 7.11 Å². The topological polar surface area (TPSA) is 135 Å². The predicted octanol–water partition coefficient (Wildman–Crippen LogP) is 3.29. The number of hydrogen-bond acceptors (Lipinski definition) is 7. The number of benzene rings is 2. The number of methoxy groups -OCH3 is 1. The second-order valence-electron chi connectivity index (χ2n) is 11.0. The Bertz CT molecular complexity index is 1200. The van der Waals surface area contributed by atoms with Crippen LogP contribution in [0.15, 0.2) is 54.6 Å². The molecule has 2 aromatic rings. The number of urea groups is 1. The van der Waals surface area contributed by atoms with E-state index < -0.39 is 29.7 Å². The number of ketones is 1. The number of nitrogens with one attached hydrogen (secondary N) is 3. The van der Waals surface area contributed by atoms with Crippen molar-refractivity contribution in [2.24, 2.45) is 5.92 Å². The van der Waals surface area contributed by atoms with Gasteiger partial charge in [0.1, 0.15) is 17.8 Å². The maximum Gasteiger partial charge on any atom is 0.318 e. The molecule has 1 aliphatic carbocycles. The highest BCUT2D eigenvalue weighted by atomic mass is 16.5. The van der Waals surface area contributed by atoms with Gasteiger partial charge in [-0.25, -0.2) is 4.79 Å². The molecular formula is C32H42N4O7. The molecule has 1 unspecified atom stereocenters. The zero-order valence-corrected chi connectivity index (χ0v) is 24.7. The quantitative estimate of drug-likeness (QED) is 0.303. The van der Waals surface area contributed by atoms with Crippen molar-refractivity contribution in [3.63, 3.8) is 0 Å². The summed E-state index contributed by atoms with van der Waals surface area (Å²) >= 11 is 0. The summed E-state index contributed by atoms with van der Waals surface area (Å²) in [5.74, 6) is -1.39. The van der Waals surface area contributed by atoms with Crippen LogP contribution in [0.25, 0.3) is 0 Å². The first-order valence-electron chi connectivity index (χ1n) is 15.0. The second-order valence-corrected chi connectivity index (χ2v) is 11.0. The van der Waals surface area contributed by atoms with Gasteiger partial charge in [0.15, 0.2) is 0 Å². The van der Waals surface area contributed by atoms with Crippen LogP contribution in [0.2, 0.25) is 0 Å². The number of rotatable bonds is 13. The number of anilines is 1. The highest BCUT2D eigenvalue weighted by Gasteiger charge is 2.33. The molecule has 11 nitrogen and oxygen atoms in total. The lowest BCUT2D eigenvalue weighted by Crippen LogP contribution is -2.57. The Morgan fingerprint density at radius 3 is 2.28 bits per heavy atom. The van der Waals surface area contributed by atoms with E-state index in [1.807, 2.05) is 30.3 Å². The second kappa shape index (κ2) is 16.6. The van der Waals surface area contributed by atoms with Gasteiger partial charge in [0.2, 0.25) is 11.7 Å². The van der Waals surface area contributed by atoms with Gasteiger partial charge in [0.25, 0.3) is 5.91 Å². The highest BCUT2D eigenvalue weighted by molar-refractivity contribution is 6.42. The van der Waals surface area contributed by atoms with Gasteiger partial charge in [-0.1, -0.05) is 62.4 Å².